The number of pyridine rings is 1. The van der Waals surface area contributed by atoms with Crippen LogP contribution in [0.2, 0.25) is 0 Å². The summed E-state index contributed by atoms with van der Waals surface area (Å²) in [5.41, 5.74) is 10.0. The first-order valence-electron chi connectivity index (χ1n) is 5.24. The summed E-state index contributed by atoms with van der Waals surface area (Å²) < 4.78 is 6.26. The van der Waals surface area contributed by atoms with E-state index in [1.807, 2.05) is 26.0 Å². The molecule has 17 heavy (non-hydrogen) atoms. The van der Waals surface area contributed by atoms with Gasteiger partial charge in [0.2, 0.25) is 5.58 Å². The first kappa shape index (κ1) is 10.3. The third-order valence-corrected chi connectivity index (χ3v) is 3.80. The molecule has 3 rings (SSSR count). The van der Waals surface area contributed by atoms with Crippen LogP contribution < -0.4 is 5.73 Å². The maximum Gasteiger partial charge on any atom is 0.201 e. The van der Waals surface area contributed by atoms with E-state index in [2.05, 4.69) is 10.1 Å². The largest absolute Gasteiger partial charge is 0.395 e. The number of nitrogen functional groups attached to an aromatic ring is 1. The first-order chi connectivity index (χ1) is 8.16. The smallest absolute Gasteiger partial charge is 0.201 e. The van der Waals surface area contributed by atoms with Gasteiger partial charge in [0.15, 0.2) is 0 Å². The fraction of sp³-hybridized carbons (Fsp3) is 0.167. The van der Waals surface area contributed by atoms with Crippen molar-refractivity contribution in [3.63, 3.8) is 0 Å². The van der Waals surface area contributed by atoms with Crippen molar-refractivity contribution in [3.8, 4) is 11.4 Å². The molecule has 0 bridgehead atoms. The van der Waals surface area contributed by atoms with E-state index in [1.165, 1.54) is 0 Å². The maximum atomic E-state index is 5.92. The molecule has 0 spiro atoms. The lowest BCUT2D eigenvalue weighted by Gasteiger charge is -1.95. The predicted molar refractivity (Wildman–Crippen MR) is 69.0 cm³/mol. The third kappa shape index (κ3) is 1.51. The molecule has 0 radical (unpaired) electrons. The molecule has 5 heteroatoms. The normalized spacial score (nSPS) is 11.2. The summed E-state index contributed by atoms with van der Waals surface area (Å²) in [6, 6.07) is 3.94. The number of nitrogens with two attached hydrogens (primary N) is 1. The Bertz CT molecular complexity index is 699. The molecule has 0 aliphatic carbocycles. The van der Waals surface area contributed by atoms with Crippen LogP contribution >= 0.6 is 11.3 Å². The highest BCUT2D eigenvalue weighted by atomic mass is 32.1. The molecule has 0 saturated carbocycles. The molecule has 3 aromatic heterocycles. The molecule has 0 aromatic carbocycles. The van der Waals surface area contributed by atoms with E-state index in [-0.39, 0.29) is 0 Å². The number of nitrogens with zero attached hydrogens (tertiary/aromatic N) is 2. The van der Waals surface area contributed by atoms with Gasteiger partial charge in [0.1, 0.15) is 10.4 Å². The van der Waals surface area contributed by atoms with E-state index in [4.69, 9.17) is 10.3 Å². The van der Waals surface area contributed by atoms with Crippen molar-refractivity contribution in [2.75, 3.05) is 5.73 Å². The molecule has 4 nitrogen and oxygen atoms in total. The van der Waals surface area contributed by atoms with Gasteiger partial charge in [-0.3, -0.25) is 4.98 Å². The van der Waals surface area contributed by atoms with Gasteiger partial charge in [-0.1, -0.05) is 5.16 Å². The molecule has 86 valence electrons. The van der Waals surface area contributed by atoms with Gasteiger partial charge in [-0.15, -0.1) is 11.3 Å². The summed E-state index contributed by atoms with van der Waals surface area (Å²) in [4.78, 5) is 5.37. The van der Waals surface area contributed by atoms with Crippen LogP contribution in [0.5, 0.6) is 0 Å². The number of anilines is 1. The van der Waals surface area contributed by atoms with Crippen molar-refractivity contribution in [2.24, 2.45) is 0 Å². The Morgan fingerprint density at radius 2 is 2.18 bits per heavy atom. The zero-order valence-corrected chi connectivity index (χ0v) is 10.3. The van der Waals surface area contributed by atoms with Crippen LogP contribution in [-0.2, 0) is 0 Å². The van der Waals surface area contributed by atoms with E-state index in [9.17, 15) is 0 Å². The fourth-order valence-electron chi connectivity index (χ4n) is 1.74. The summed E-state index contributed by atoms with van der Waals surface area (Å²) in [5, 5.41) is 4.06. The standard InChI is InChI=1S/C12H11N3OS/c1-6-3-4-14-8(5-6)10-12-11(16-15-10)9(13)7(2)17-12/h3-5H,13H2,1-2H3. The van der Waals surface area contributed by atoms with Crippen molar-refractivity contribution >= 4 is 27.3 Å². The summed E-state index contributed by atoms with van der Waals surface area (Å²) in [7, 11) is 0. The Hall–Kier alpha value is -1.88. The number of thiophene rings is 1. The van der Waals surface area contributed by atoms with E-state index in [0.29, 0.717) is 11.3 Å². The molecule has 0 aliphatic rings. The summed E-state index contributed by atoms with van der Waals surface area (Å²) in [5.74, 6) is 0. The van der Waals surface area contributed by atoms with Crippen molar-refractivity contribution in [1.82, 2.24) is 10.1 Å². The predicted octanol–water partition coefficient (Wildman–Crippen LogP) is 3.15. The molecule has 0 unspecified atom stereocenters. The third-order valence-electron chi connectivity index (χ3n) is 2.69. The zero-order valence-electron chi connectivity index (χ0n) is 9.52. The topological polar surface area (TPSA) is 64.9 Å². The highest BCUT2D eigenvalue weighted by Gasteiger charge is 2.18. The van der Waals surface area contributed by atoms with E-state index >= 15 is 0 Å². The molecule has 0 amide bonds. The minimum Gasteiger partial charge on any atom is -0.395 e. The molecule has 0 aliphatic heterocycles. The Kier molecular flexibility index (Phi) is 2.16. The summed E-state index contributed by atoms with van der Waals surface area (Å²) >= 11 is 1.59. The average molecular weight is 245 g/mol. The molecule has 3 heterocycles. The second kappa shape index (κ2) is 3.56. The van der Waals surface area contributed by atoms with Crippen LogP contribution in [0.1, 0.15) is 10.4 Å². The van der Waals surface area contributed by atoms with Crippen LogP contribution in [0.25, 0.3) is 21.7 Å². The molecule has 3 aromatic rings. The van der Waals surface area contributed by atoms with E-state index in [0.717, 1.165) is 26.5 Å². The zero-order chi connectivity index (χ0) is 12.0. The lowest BCUT2D eigenvalue weighted by Crippen LogP contribution is -1.83. The SMILES string of the molecule is Cc1ccnc(-c2noc3c(N)c(C)sc23)c1. The highest BCUT2D eigenvalue weighted by Crippen LogP contribution is 2.38. The van der Waals surface area contributed by atoms with Crippen molar-refractivity contribution in [3.05, 3.63) is 28.8 Å². The molecule has 0 saturated heterocycles. The van der Waals surface area contributed by atoms with Crippen molar-refractivity contribution in [2.45, 2.75) is 13.8 Å². The van der Waals surface area contributed by atoms with Gasteiger partial charge in [-0.25, -0.2) is 0 Å². The summed E-state index contributed by atoms with van der Waals surface area (Å²) in [6.07, 6.45) is 1.77. The van der Waals surface area contributed by atoms with Gasteiger partial charge in [-0.05, 0) is 31.5 Å². The van der Waals surface area contributed by atoms with Gasteiger partial charge in [0.25, 0.3) is 0 Å². The Morgan fingerprint density at radius 3 is 2.94 bits per heavy atom. The molecule has 0 fully saturated rings. The molecule has 0 atom stereocenters. The van der Waals surface area contributed by atoms with Crippen molar-refractivity contribution < 1.29 is 4.52 Å². The van der Waals surface area contributed by atoms with Gasteiger partial charge < -0.3 is 10.3 Å². The van der Waals surface area contributed by atoms with Crippen LogP contribution in [0.4, 0.5) is 5.69 Å². The lowest BCUT2D eigenvalue weighted by molar-refractivity contribution is 0.460. The number of hydrogen-bond donors (Lipinski definition) is 1. The Morgan fingerprint density at radius 1 is 1.35 bits per heavy atom. The fourth-order valence-corrected chi connectivity index (χ4v) is 2.73. The number of fused-ring (bicyclic) bond motifs is 1. The van der Waals surface area contributed by atoms with Crippen LogP contribution in [0, 0.1) is 13.8 Å². The molecular formula is C12H11N3OS. The first-order valence-corrected chi connectivity index (χ1v) is 6.05. The molecular weight excluding hydrogens is 234 g/mol. The quantitative estimate of drug-likeness (QED) is 0.715. The van der Waals surface area contributed by atoms with Crippen molar-refractivity contribution in [1.29, 1.82) is 0 Å². The summed E-state index contributed by atoms with van der Waals surface area (Å²) in [6.45, 7) is 4.00. The Balaban J connectivity index is 2.27. The minimum atomic E-state index is 0.672. The number of rotatable bonds is 1. The van der Waals surface area contributed by atoms with E-state index in [1.54, 1.807) is 17.5 Å². The average Bonchev–Trinajstić information content (AvgIpc) is 2.82. The Labute approximate surface area is 102 Å². The lowest BCUT2D eigenvalue weighted by atomic mass is 10.2. The second-order valence-electron chi connectivity index (χ2n) is 3.98. The highest BCUT2D eigenvalue weighted by molar-refractivity contribution is 7.20. The molecule has 2 N–H and O–H groups in total. The van der Waals surface area contributed by atoms with Gasteiger partial charge in [-0.2, -0.15) is 0 Å². The number of hydrogen-bond acceptors (Lipinski definition) is 5. The maximum absolute atomic E-state index is 5.92. The second-order valence-corrected chi connectivity index (χ2v) is 5.20. The number of aromatic nitrogens is 2. The van der Waals surface area contributed by atoms with Crippen LogP contribution in [0.15, 0.2) is 22.9 Å². The van der Waals surface area contributed by atoms with E-state index < -0.39 is 0 Å². The number of aryl methyl sites for hydroxylation is 2. The van der Waals surface area contributed by atoms with Gasteiger partial charge in [0.05, 0.1) is 11.4 Å². The van der Waals surface area contributed by atoms with Gasteiger partial charge in [0, 0.05) is 11.1 Å². The van der Waals surface area contributed by atoms with Crippen LogP contribution in [-0.4, -0.2) is 10.1 Å². The minimum absolute atomic E-state index is 0.672. The van der Waals surface area contributed by atoms with Crippen LogP contribution in [0.3, 0.4) is 0 Å². The van der Waals surface area contributed by atoms with Gasteiger partial charge >= 0.3 is 0 Å². The monoisotopic (exact) mass is 245 g/mol.